The van der Waals surface area contributed by atoms with Crippen LogP contribution in [0.5, 0.6) is 0 Å². The Kier molecular flexibility index (Phi) is 4.33. The van der Waals surface area contributed by atoms with E-state index in [1.807, 2.05) is 0 Å². The van der Waals surface area contributed by atoms with Gasteiger partial charge in [0.2, 0.25) is 0 Å². The molecule has 2 aliphatic carbocycles. The predicted molar refractivity (Wildman–Crippen MR) is 71.4 cm³/mol. The van der Waals surface area contributed by atoms with E-state index < -0.39 is 0 Å². The van der Waals surface area contributed by atoms with Crippen LogP contribution in [-0.4, -0.2) is 0 Å². The highest BCUT2D eigenvalue weighted by atomic mass is 14.4. The zero-order valence-electron chi connectivity index (χ0n) is 11.5. The molecule has 0 aromatic rings. The molecule has 0 spiro atoms. The third-order valence-corrected chi connectivity index (χ3v) is 5.35. The van der Waals surface area contributed by atoms with E-state index in [1.54, 1.807) is 12.8 Å². The van der Waals surface area contributed by atoms with E-state index in [-0.39, 0.29) is 0 Å². The van der Waals surface area contributed by atoms with Crippen LogP contribution < -0.4 is 0 Å². The van der Waals surface area contributed by atoms with Crippen LogP contribution in [0.2, 0.25) is 0 Å². The molecule has 0 heterocycles. The summed E-state index contributed by atoms with van der Waals surface area (Å²) in [5.41, 5.74) is 0. The van der Waals surface area contributed by atoms with Crippen molar-refractivity contribution in [2.75, 3.05) is 0 Å². The summed E-state index contributed by atoms with van der Waals surface area (Å²) in [6.07, 6.45) is 12.1. The fourth-order valence-corrected chi connectivity index (χ4v) is 4.46. The predicted octanol–water partition coefficient (Wildman–Crippen LogP) is 5.28. The smallest absolute Gasteiger partial charge is 0.0381 e. The Labute approximate surface area is 102 Å². The summed E-state index contributed by atoms with van der Waals surface area (Å²) >= 11 is 0. The van der Waals surface area contributed by atoms with Crippen molar-refractivity contribution in [1.82, 2.24) is 0 Å². The maximum atomic E-state index is 2.47. The van der Waals surface area contributed by atoms with Crippen LogP contribution in [-0.2, 0) is 0 Å². The van der Waals surface area contributed by atoms with E-state index in [1.165, 1.54) is 38.5 Å². The highest BCUT2D eigenvalue weighted by Crippen LogP contribution is 2.43. The lowest BCUT2D eigenvalue weighted by molar-refractivity contribution is 0.117. The molecule has 0 radical (unpaired) electrons. The highest BCUT2D eigenvalue weighted by molar-refractivity contribution is 4.83. The summed E-state index contributed by atoms with van der Waals surface area (Å²) in [6.45, 7) is 7.32. The minimum Gasteiger partial charge on any atom is -0.0651 e. The number of hydrogen-bond donors (Lipinski definition) is 0. The van der Waals surface area contributed by atoms with Gasteiger partial charge in [0.05, 0.1) is 0 Å². The third-order valence-electron chi connectivity index (χ3n) is 5.35. The van der Waals surface area contributed by atoms with Crippen LogP contribution in [0.1, 0.15) is 72.1 Å². The van der Waals surface area contributed by atoms with Gasteiger partial charge in [-0.3, -0.25) is 0 Å². The normalized spacial score (nSPS) is 45.6. The van der Waals surface area contributed by atoms with E-state index in [0.717, 1.165) is 29.6 Å². The van der Waals surface area contributed by atoms with Gasteiger partial charge in [0.1, 0.15) is 0 Å². The van der Waals surface area contributed by atoms with Gasteiger partial charge in [-0.1, -0.05) is 40.0 Å². The molecule has 0 nitrogen and oxygen atoms in total. The van der Waals surface area contributed by atoms with Crippen LogP contribution in [0.25, 0.3) is 0 Å². The van der Waals surface area contributed by atoms with Gasteiger partial charge in [-0.25, -0.2) is 0 Å². The van der Waals surface area contributed by atoms with E-state index in [2.05, 4.69) is 20.8 Å². The lowest BCUT2D eigenvalue weighted by atomic mass is 9.66. The lowest BCUT2D eigenvalue weighted by Gasteiger charge is -2.39. The Balaban J connectivity index is 1.83. The van der Waals surface area contributed by atoms with Gasteiger partial charge < -0.3 is 0 Å². The molecule has 2 atom stereocenters. The molecule has 16 heavy (non-hydrogen) atoms. The fourth-order valence-electron chi connectivity index (χ4n) is 4.46. The van der Waals surface area contributed by atoms with E-state index in [0.29, 0.717) is 0 Å². The van der Waals surface area contributed by atoms with Gasteiger partial charge in [-0.15, -0.1) is 0 Å². The molecule has 2 unspecified atom stereocenters. The van der Waals surface area contributed by atoms with Crippen molar-refractivity contribution in [3.63, 3.8) is 0 Å². The van der Waals surface area contributed by atoms with Crippen LogP contribution >= 0.6 is 0 Å². The van der Waals surface area contributed by atoms with Crippen molar-refractivity contribution >= 4 is 0 Å². The summed E-state index contributed by atoms with van der Waals surface area (Å²) in [5.74, 6) is 5.23. The molecular weight excluding hydrogens is 192 g/mol. The fraction of sp³-hybridized carbons (Fsp3) is 1.00. The highest BCUT2D eigenvalue weighted by Gasteiger charge is 2.32. The zero-order chi connectivity index (χ0) is 11.5. The minimum absolute atomic E-state index is 0.998. The van der Waals surface area contributed by atoms with Crippen molar-refractivity contribution < 1.29 is 0 Å². The molecule has 94 valence electrons. The maximum absolute atomic E-state index is 2.47. The van der Waals surface area contributed by atoms with Gasteiger partial charge >= 0.3 is 0 Å². The van der Waals surface area contributed by atoms with Gasteiger partial charge in [0, 0.05) is 0 Å². The molecule has 0 amide bonds. The van der Waals surface area contributed by atoms with Gasteiger partial charge in [-0.2, -0.15) is 0 Å². The first-order valence-electron chi connectivity index (χ1n) is 7.69. The van der Waals surface area contributed by atoms with Crippen molar-refractivity contribution in [3.8, 4) is 0 Å². The van der Waals surface area contributed by atoms with Crippen molar-refractivity contribution in [3.05, 3.63) is 0 Å². The average molecular weight is 222 g/mol. The molecule has 0 aromatic carbocycles. The standard InChI is InChI=1S/C16H30/c1-4-14-5-7-15(8-6-14)16-10-12(2)9-13(3)11-16/h12-16H,4-11H2,1-3H3. The summed E-state index contributed by atoms with van der Waals surface area (Å²) in [5, 5.41) is 0. The van der Waals surface area contributed by atoms with Crippen LogP contribution in [0, 0.1) is 29.6 Å². The van der Waals surface area contributed by atoms with Crippen molar-refractivity contribution in [2.45, 2.75) is 72.1 Å². The average Bonchev–Trinajstić information content (AvgIpc) is 2.28. The molecule has 2 aliphatic rings. The molecule has 0 heteroatoms. The second kappa shape index (κ2) is 5.56. The second-order valence-electron chi connectivity index (χ2n) is 6.87. The Morgan fingerprint density at radius 2 is 1.31 bits per heavy atom. The first kappa shape index (κ1) is 12.5. The van der Waals surface area contributed by atoms with Crippen LogP contribution in [0.15, 0.2) is 0 Å². The molecule has 0 aromatic heterocycles. The van der Waals surface area contributed by atoms with Gasteiger partial charge in [0.15, 0.2) is 0 Å². The van der Waals surface area contributed by atoms with Gasteiger partial charge in [-0.05, 0) is 61.7 Å². The monoisotopic (exact) mass is 222 g/mol. The third kappa shape index (κ3) is 3.02. The van der Waals surface area contributed by atoms with Crippen molar-refractivity contribution in [1.29, 1.82) is 0 Å². The molecule has 2 fully saturated rings. The summed E-state index contributed by atoms with van der Waals surface area (Å²) in [7, 11) is 0. The first-order chi connectivity index (χ1) is 7.69. The Bertz CT molecular complexity index is 190. The molecule has 0 N–H and O–H groups in total. The second-order valence-corrected chi connectivity index (χ2v) is 6.87. The van der Waals surface area contributed by atoms with E-state index >= 15 is 0 Å². The van der Waals surface area contributed by atoms with E-state index in [4.69, 9.17) is 0 Å². The first-order valence-corrected chi connectivity index (χ1v) is 7.69. The SMILES string of the molecule is CCC1CCC(C2CC(C)CC(C)C2)CC1. The molecular formula is C16H30. The Morgan fingerprint density at radius 1 is 0.750 bits per heavy atom. The van der Waals surface area contributed by atoms with Crippen LogP contribution in [0.3, 0.4) is 0 Å². The molecule has 0 aliphatic heterocycles. The Morgan fingerprint density at radius 3 is 1.81 bits per heavy atom. The summed E-state index contributed by atoms with van der Waals surface area (Å²) in [6, 6.07) is 0. The molecule has 0 saturated heterocycles. The number of rotatable bonds is 2. The molecule has 0 bridgehead atoms. The van der Waals surface area contributed by atoms with E-state index in [9.17, 15) is 0 Å². The zero-order valence-corrected chi connectivity index (χ0v) is 11.5. The molecule has 2 saturated carbocycles. The number of hydrogen-bond acceptors (Lipinski definition) is 0. The van der Waals surface area contributed by atoms with Crippen LogP contribution in [0.4, 0.5) is 0 Å². The van der Waals surface area contributed by atoms with Gasteiger partial charge in [0.25, 0.3) is 0 Å². The summed E-state index contributed by atoms with van der Waals surface area (Å²) in [4.78, 5) is 0. The lowest BCUT2D eigenvalue weighted by Crippen LogP contribution is -2.28. The van der Waals surface area contributed by atoms with Crippen molar-refractivity contribution in [2.24, 2.45) is 29.6 Å². The maximum Gasteiger partial charge on any atom is -0.0381 e. The quantitative estimate of drug-likeness (QED) is 0.596. The largest absolute Gasteiger partial charge is 0.0651 e. The topological polar surface area (TPSA) is 0 Å². The minimum atomic E-state index is 0.998. The summed E-state index contributed by atoms with van der Waals surface area (Å²) < 4.78 is 0. The molecule has 2 rings (SSSR count). The Hall–Kier alpha value is 0.